The standard InChI is InChI=1S/C15H13F5/c1-15(2,3)8-5-4-7(6-8)9-10(16)12(18)14(20)13(19)11(9)17/h4-5H,6H2,1-3H3. The lowest BCUT2D eigenvalue weighted by Gasteiger charge is -2.21. The first-order chi connectivity index (χ1) is 9.14. The van der Waals surface area contributed by atoms with E-state index in [0.717, 1.165) is 5.57 Å². The molecule has 0 amide bonds. The van der Waals surface area contributed by atoms with Crippen molar-refractivity contribution in [3.63, 3.8) is 0 Å². The second-order valence-electron chi connectivity index (χ2n) is 5.76. The van der Waals surface area contributed by atoms with E-state index in [9.17, 15) is 22.0 Å². The molecule has 0 radical (unpaired) electrons. The molecule has 0 N–H and O–H groups in total. The van der Waals surface area contributed by atoms with Crippen LogP contribution in [0.15, 0.2) is 17.7 Å². The molecular formula is C15H13F5. The highest BCUT2D eigenvalue weighted by Gasteiger charge is 2.30. The monoisotopic (exact) mass is 288 g/mol. The van der Waals surface area contributed by atoms with E-state index < -0.39 is 34.6 Å². The molecule has 0 aromatic heterocycles. The predicted molar refractivity (Wildman–Crippen MR) is 66.4 cm³/mol. The van der Waals surface area contributed by atoms with Crippen molar-refractivity contribution >= 4 is 5.57 Å². The van der Waals surface area contributed by atoms with Gasteiger partial charge in [0.05, 0.1) is 5.56 Å². The molecule has 0 atom stereocenters. The second kappa shape index (κ2) is 4.72. The minimum atomic E-state index is -2.13. The molecular weight excluding hydrogens is 275 g/mol. The molecule has 0 heterocycles. The lowest BCUT2D eigenvalue weighted by Crippen LogP contribution is -2.10. The van der Waals surface area contributed by atoms with Gasteiger partial charge in [0.15, 0.2) is 23.3 Å². The summed E-state index contributed by atoms with van der Waals surface area (Å²) in [6, 6.07) is 0. The maximum absolute atomic E-state index is 13.7. The van der Waals surface area contributed by atoms with Crippen molar-refractivity contribution in [3.8, 4) is 0 Å². The highest BCUT2D eigenvalue weighted by molar-refractivity contribution is 5.73. The van der Waals surface area contributed by atoms with Gasteiger partial charge in [0, 0.05) is 0 Å². The minimum absolute atomic E-state index is 0.0997. The Hall–Kier alpha value is -1.65. The maximum atomic E-state index is 13.7. The van der Waals surface area contributed by atoms with E-state index in [1.807, 2.05) is 20.8 Å². The van der Waals surface area contributed by atoms with Gasteiger partial charge in [0.2, 0.25) is 5.82 Å². The largest absolute Gasteiger partial charge is 0.203 e. The first kappa shape index (κ1) is 14.8. The molecule has 2 rings (SSSR count). The Kier molecular flexibility index (Phi) is 3.48. The zero-order valence-corrected chi connectivity index (χ0v) is 11.3. The third-order valence-electron chi connectivity index (χ3n) is 3.36. The molecule has 108 valence electrons. The van der Waals surface area contributed by atoms with Crippen LogP contribution in [0.2, 0.25) is 0 Å². The number of hydrogen-bond acceptors (Lipinski definition) is 0. The number of hydrogen-bond donors (Lipinski definition) is 0. The molecule has 0 saturated carbocycles. The topological polar surface area (TPSA) is 0 Å². The molecule has 5 heteroatoms. The molecule has 1 aromatic rings. The van der Waals surface area contributed by atoms with Gasteiger partial charge in [-0.25, -0.2) is 22.0 Å². The molecule has 0 unspecified atom stereocenters. The summed E-state index contributed by atoms with van der Waals surface area (Å²) in [4.78, 5) is 0. The van der Waals surface area contributed by atoms with Crippen molar-refractivity contribution in [3.05, 3.63) is 52.4 Å². The second-order valence-corrected chi connectivity index (χ2v) is 5.76. The smallest absolute Gasteiger partial charge is 0.200 e. The van der Waals surface area contributed by atoms with Crippen molar-refractivity contribution in [2.45, 2.75) is 27.2 Å². The van der Waals surface area contributed by atoms with Crippen molar-refractivity contribution < 1.29 is 22.0 Å². The summed E-state index contributed by atoms with van der Waals surface area (Å²) in [5.74, 6) is -9.52. The average molecular weight is 288 g/mol. The third kappa shape index (κ3) is 2.25. The Balaban J connectivity index is 2.48. The highest BCUT2D eigenvalue weighted by atomic mass is 19.2. The summed E-state index contributed by atoms with van der Waals surface area (Å²) < 4.78 is 66.7. The van der Waals surface area contributed by atoms with Gasteiger partial charge in [-0.15, -0.1) is 0 Å². The van der Waals surface area contributed by atoms with Crippen LogP contribution < -0.4 is 0 Å². The Morgan fingerprint density at radius 2 is 1.20 bits per heavy atom. The average Bonchev–Trinajstić information content (AvgIpc) is 2.83. The first-order valence-corrected chi connectivity index (χ1v) is 6.06. The zero-order valence-electron chi connectivity index (χ0n) is 11.3. The van der Waals surface area contributed by atoms with Gasteiger partial charge in [-0.05, 0) is 17.4 Å². The van der Waals surface area contributed by atoms with Crippen molar-refractivity contribution in [2.24, 2.45) is 5.41 Å². The molecule has 0 aliphatic heterocycles. The minimum Gasteiger partial charge on any atom is -0.203 e. The van der Waals surface area contributed by atoms with Gasteiger partial charge in [-0.3, -0.25) is 0 Å². The first-order valence-electron chi connectivity index (χ1n) is 6.06. The van der Waals surface area contributed by atoms with Gasteiger partial charge < -0.3 is 0 Å². The van der Waals surface area contributed by atoms with Crippen LogP contribution in [0.1, 0.15) is 32.8 Å². The molecule has 0 spiro atoms. The fraction of sp³-hybridized carbons (Fsp3) is 0.333. The Labute approximate surface area is 113 Å². The van der Waals surface area contributed by atoms with Gasteiger partial charge in [-0.1, -0.05) is 38.5 Å². The van der Waals surface area contributed by atoms with Gasteiger partial charge in [0.1, 0.15) is 0 Å². The summed E-state index contributed by atoms with van der Waals surface area (Å²) in [7, 11) is 0. The molecule has 0 bridgehead atoms. The van der Waals surface area contributed by atoms with E-state index in [-0.39, 0.29) is 17.4 Å². The van der Waals surface area contributed by atoms with E-state index in [0.29, 0.717) is 0 Å². The SMILES string of the molecule is CC(C)(C)C1=CC=C(c2c(F)c(F)c(F)c(F)c2F)C1. The Morgan fingerprint density at radius 3 is 1.60 bits per heavy atom. The van der Waals surface area contributed by atoms with Crippen LogP contribution >= 0.6 is 0 Å². The number of rotatable bonds is 1. The van der Waals surface area contributed by atoms with Crippen LogP contribution in [0, 0.1) is 34.5 Å². The number of halogens is 5. The lowest BCUT2D eigenvalue weighted by molar-refractivity contribution is 0.376. The van der Waals surface area contributed by atoms with Gasteiger partial charge >= 0.3 is 0 Å². The molecule has 0 nitrogen and oxygen atoms in total. The van der Waals surface area contributed by atoms with Gasteiger partial charge in [-0.2, -0.15) is 0 Å². The van der Waals surface area contributed by atoms with E-state index in [4.69, 9.17) is 0 Å². The third-order valence-corrected chi connectivity index (χ3v) is 3.36. The van der Waals surface area contributed by atoms with Crippen molar-refractivity contribution in [1.29, 1.82) is 0 Å². The highest BCUT2D eigenvalue weighted by Crippen LogP contribution is 2.40. The Morgan fingerprint density at radius 1 is 0.750 bits per heavy atom. The van der Waals surface area contributed by atoms with Crippen LogP contribution in [0.25, 0.3) is 5.57 Å². The van der Waals surface area contributed by atoms with Crippen molar-refractivity contribution in [2.75, 3.05) is 0 Å². The summed E-state index contributed by atoms with van der Waals surface area (Å²) in [5.41, 5.74) is -0.0986. The zero-order chi connectivity index (χ0) is 15.2. The summed E-state index contributed by atoms with van der Waals surface area (Å²) in [6.45, 7) is 5.73. The van der Waals surface area contributed by atoms with E-state index in [2.05, 4.69) is 0 Å². The molecule has 0 fully saturated rings. The van der Waals surface area contributed by atoms with E-state index >= 15 is 0 Å². The molecule has 1 aromatic carbocycles. The maximum Gasteiger partial charge on any atom is 0.200 e. The Bertz CT molecular complexity index is 604. The van der Waals surface area contributed by atoms with Crippen molar-refractivity contribution in [1.82, 2.24) is 0 Å². The molecule has 0 saturated heterocycles. The number of allylic oxidation sites excluding steroid dienone is 4. The molecule has 1 aliphatic rings. The van der Waals surface area contributed by atoms with E-state index in [1.165, 1.54) is 6.08 Å². The van der Waals surface area contributed by atoms with Crippen LogP contribution in [-0.2, 0) is 0 Å². The van der Waals surface area contributed by atoms with Gasteiger partial charge in [0.25, 0.3) is 0 Å². The molecule has 20 heavy (non-hydrogen) atoms. The van der Waals surface area contributed by atoms with E-state index in [1.54, 1.807) is 6.08 Å². The van der Waals surface area contributed by atoms with Crippen LogP contribution in [-0.4, -0.2) is 0 Å². The van der Waals surface area contributed by atoms with Crippen LogP contribution in [0.3, 0.4) is 0 Å². The number of benzene rings is 1. The normalized spacial score (nSPS) is 15.4. The summed E-state index contributed by atoms with van der Waals surface area (Å²) in [5, 5.41) is 0. The quantitative estimate of drug-likeness (QED) is 0.381. The molecule has 1 aliphatic carbocycles. The fourth-order valence-electron chi connectivity index (χ4n) is 2.10. The fourth-order valence-corrected chi connectivity index (χ4v) is 2.10. The van der Waals surface area contributed by atoms with Crippen LogP contribution in [0.4, 0.5) is 22.0 Å². The van der Waals surface area contributed by atoms with Crippen LogP contribution in [0.5, 0.6) is 0 Å². The summed E-state index contributed by atoms with van der Waals surface area (Å²) >= 11 is 0. The lowest BCUT2D eigenvalue weighted by atomic mass is 9.84. The summed E-state index contributed by atoms with van der Waals surface area (Å²) in [6.07, 6.45) is 3.23. The predicted octanol–water partition coefficient (Wildman–Crippen LogP) is 5.14.